The smallest absolute Gasteiger partial charge is 0.0591 e. The summed E-state index contributed by atoms with van der Waals surface area (Å²) >= 11 is 5.81. The fourth-order valence-corrected chi connectivity index (χ4v) is 1.90. The fraction of sp³-hybridized carbons (Fsp3) is 0.538. The molecule has 2 unspecified atom stereocenters. The van der Waals surface area contributed by atoms with Crippen LogP contribution in [-0.4, -0.2) is 11.2 Å². The molecule has 1 aromatic rings. The summed E-state index contributed by atoms with van der Waals surface area (Å²) in [6, 6.07) is 7.83. The molecule has 0 saturated heterocycles. The normalized spacial score (nSPS) is 15.3. The summed E-state index contributed by atoms with van der Waals surface area (Å²) in [4.78, 5) is 0. The van der Waals surface area contributed by atoms with Crippen molar-refractivity contribution in [3.63, 3.8) is 0 Å². The van der Waals surface area contributed by atoms with Crippen LogP contribution in [0, 0.1) is 11.8 Å². The fourth-order valence-electron chi connectivity index (χ4n) is 1.77. The lowest BCUT2D eigenvalue weighted by atomic mass is 9.90. The Morgan fingerprint density at radius 2 is 1.67 bits per heavy atom. The SMILES string of the molecule is CC(C)C(O)C(C)Cc1ccc(Cl)cc1. The Morgan fingerprint density at radius 3 is 2.13 bits per heavy atom. The van der Waals surface area contributed by atoms with Crippen LogP contribution in [0.1, 0.15) is 26.3 Å². The molecule has 0 aromatic heterocycles. The molecule has 1 aromatic carbocycles. The molecule has 0 bridgehead atoms. The predicted molar refractivity (Wildman–Crippen MR) is 65.2 cm³/mol. The van der Waals surface area contributed by atoms with Gasteiger partial charge >= 0.3 is 0 Å². The molecule has 84 valence electrons. The summed E-state index contributed by atoms with van der Waals surface area (Å²) in [5.41, 5.74) is 1.23. The van der Waals surface area contributed by atoms with Gasteiger partial charge in [0.2, 0.25) is 0 Å². The Bertz CT molecular complexity index is 292. The van der Waals surface area contributed by atoms with Crippen LogP contribution >= 0.6 is 11.6 Å². The third-order valence-electron chi connectivity index (χ3n) is 2.74. The van der Waals surface area contributed by atoms with Gasteiger partial charge in [-0.05, 0) is 36.0 Å². The van der Waals surface area contributed by atoms with Gasteiger partial charge in [0.05, 0.1) is 6.10 Å². The van der Waals surface area contributed by atoms with E-state index in [1.54, 1.807) is 0 Å². The van der Waals surface area contributed by atoms with E-state index < -0.39 is 0 Å². The number of hydrogen-bond acceptors (Lipinski definition) is 1. The second-order valence-electron chi connectivity index (χ2n) is 4.54. The minimum absolute atomic E-state index is 0.235. The summed E-state index contributed by atoms with van der Waals surface area (Å²) in [6.07, 6.45) is 0.664. The highest BCUT2D eigenvalue weighted by Crippen LogP contribution is 2.18. The minimum Gasteiger partial charge on any atom is -0.393 e. The van der Waals surface area contributed by atoms with Crippen LogP contribution in [0.15, 0.2) is 24.3 Å². The van der Waals surface area contributed by atoms with E-state index in [2.05, 4.69) is 6.92 Å². The van der Waals surface area contributed by atoms with E-state index in [0.29, 0.717) is 5.92 Å². The Balaban J connectivity index is 2.58. The molecule has 15 heavy (non-hydrogen) atoms. The van der Waals surface area contributed by atoms with Crippen molar-refractivity contribution in [3.8, 4) is 0 Å². The van der Waals surface area contributed by atoms with E-state index in [9.17, 15) is 5.11 Å². The van der Waals surface area contributed by atoms with Crippen LogP contribution in [0.4, 0.5) is 0 Å². The molecular weight excluding hydrogens is 208 g/mol. The average molecular weight is 227 g/mol. The van der Waals surface area contributed by atoms with Crippen molar-refractivity contribution in [2.45, 2.75) is 33.3 Å². The Hall–Kier alpha value is -0.530. The standard InChI is InChI=1S/C13H19ClO/c1-9(2)13(15)10(3)8-11-4-6-12(14)7-5-11/h4-7,9-10,13,15H,8H2,1-3H3. The Kier molecular flexibility index (Phi) is 4.62. The van der Waals surface area contributed by atoms with Crippen molar-refractivity contribution in [1.29, 1.82) is 0 Å². The van der Waals surface area contributed by atoms with Gasteiger partial charge in [-0.1, -0.05) is 44.5 Å². The predicted octanol–water partition coefficient (Wildman–Crippen LogP) is 3.54. The molecule has 0 amide bonds. The highest BCUT2D eigenvalue weighted by molar-refractivity contribution is 6.30. The van der Waals surface area contributed by atoms with E-state index in [-0.39, 0.29) is 12.0 Å². The molecule has 2 atom stereocenters. The summed E-state index contributed by atoms with van der Waals surface area (Å²) in [5, 5.41) is 10.6. The molecule has 0 radical (unpaired) electrons. The zero-order valence-corrected chi connectivity index (χ0v) is 10.3. The first-order valence-electron chi connectivity index (χ1n) is 5.43. The van der Waals surface area contributed by atoms with Gasteiger partial charge in [0, 0.05) is 5.02 Å². The second kappa shape index (κ2) is 5.53. The van der Waals surface area contributed by atoms with Crippen molar-refractivity contribution >= 4 is 11.6 Å². The topological polar surface area (TPSA) is 20.2 Å². The monoisotopic (exact) mass is 226 g/mol. The first-order valence-corrected chi connectivity index (χ1v) is 5.81. The van der Waals surface area contributed by atoms with E-state index in [1.807, 2.05) is 38.1 Å². The summed E-state index contributed by atoms with van der Waals surface area (Å²) in [5.74, 6) is 0.596. The van der Waals surface area contributed by atoms with E-state index in [4.69, 9.17) is 11.6 Å². The number of aliphatic hydroxyl groups is 1. The number of aliphatic hydroxyl groups excluding tert-OH is 1. The van der Waals surface area contributed by atoms with Gasteiger partial charge in [-0.25, -0.2) is 0 Å². The van der Waals surface area contributed by atoms with Gasteiger partial charge in [-0.15, -0.1) is 0 Å². The van der Waals surface area contributed by atoms with Crippen LogP contribution in [0.5, 0.6) is 0 Å². The number of hydrogen-bond donors (Lipinski definition) is 1. The van der Waals surface area contributed by atoms with Gasteiger partial charge < -0.3 is 5.11 Å². The van der Waals surface area contributed by atoms with Crippen molar-refractivity contribution in [3.05, 3.63) is 34.9 Å². The van der Waals surface area contributed by atoms with Crippen molar-refractivity contribution in [1.82, 2.24) is 0 Å². The zero-order valence-electron chi connectivity index (χ0n) is 9.57. The van der Waals surface area contributed by atoms with Gasteiger partial charge in [-0.3, -0.25) is 0 Å². The van der Waals surface area contributed by atoms with Crippen LogP contribution in [0.3, 0.4) is 0 Å². The molecule has 2 heteroatoms. The maximum absolute atomic E-state index is 9.88. The number of benzene rings is 1. The summed E-state index contributed by atoms with van der Waals surface area (Å²) in [7, 11) is 0. The largest absolute Gasteiger partial charge is 0.393 e. The van der Waals surface area contributed by atoms with E-state index in [1.165, 1.54) is 5.56 Å². The Labute approximate surface area is 97.1 Å². The highest BCUT2D eigenvalue weighted by atomic mass is 35.5. The van der Waals surface area contributed by atoms with E-state index in [0.717, 1.165) is 11.4 Å². The molecule has 0 saturated carbocycles. The van der Waals surface area contributed by atoms with Crippen molar-refractivity contribution in [2.24, 2.45) is 11.8 Å². The number of rotatable bonds is 4. The van der Waals surface area contributed by atoms with Crippen LogP contribution < -0.4 is 0 Å². The number of halogens is 1. The third kappa shape index (κ3) is 3.84. The zero-order chi connectivity index (χ0) is 11.4. The average Bonchev–Trinajstić information content (AvgIpc) is 2.20. The molecule has 0 aliphatic carbocycles. The van der Waals surface area contributed by atoms with Crippen molar-refractivity contribution in [2.75, 3.05) is 0 Å². The highest BCUT2D eigenvalue weighted by Gasteiger charge is 2.17. The summed E-state index contributed by atoms with van der Waals surface area (Å²) in [6.45, 7) is 6.17. The first kappa shape index (κ1) is 12.5. The maximum Gasteiger partial charge on any atom is 0.0591 e. The molecule has 1 rings (SSSR count). The molecule has 0 aliphatic rings. The van der Waals surface area contributed by atoms with Gasteiger partial charge in [0.1, 0.15) is 0 Å². The molecular formula is C13H19ClO. The quantitative estimate of drug-likeness (QED) is 0.833. The molecule has 1 nitrogen and oxygen atoms in total. The van der Waals surface area contributed by atoms with Crippen LogP contribution in [-0.2, 0) is 6.42 Å². The molecule has 0 heterocycles. The van der Waals surface area contributed by atoms with Crippen LogP contribution in [0.2, 0.25) is 5.02 Å². The van der Waals surface area contributed by atoms with Gasteiger partial charge in [0.25, 0.3) is 0 Å². The molecule has 1 N–H and O–H groups in total. The first-order chi connectivity index (χ1) is 7.00. The third-order valence-corrected chi connectivity index (χ3v) is 2.99. The minimum atomic E-state index is -0.235. The lowest BCUT2D eigenvalue weighted by Gasteiger charge is -2.22. The molecule has 0 fully saturated rings. The molecule has 0 aliphatic heterocycles. The molecule has 0 spiro atoms. The van der Waals surface area contributed by atoms with Crippen molar-refractivity contribution < 1.29 is 5.11 Å². The van der Waals surface area contributed by atoms with Gasteiger partial charge in [0.15, 0.2) is 0 Å². The van der Waals surface area contributed by atoms with Crippen LogP contribution in [0.25, 0.3) is 0 Å². The lowest BCUT2D eigenvalue weighted by molar-refractivity contribution is 0.0724. The summed E-state index contributed by atoms with van der Waals surface area (Å²) < 4.78 is 0. The Morgan fingerprint density at radius 1 is 1.13 bits per heavy atom. The van der Waals surface area contributed by atoms with Gasteiger partial charge in [-0.2, -0.15) is 0 Å². The second-order valence-corrected chi connectivity index (χ2v) is 4.98. The van der Waals surface area contributed by atoms with E-state index >= 15 is 0 Å². The lowest BCUT2D eigenvalue weighted by Crippen LogP contribution is -2.25. The maximum atomic E-state index is 9.88.